The van der Waals surface area contributed by atoms with Gasteiger partial charge in [0.05, 0.1) is 0 Å². The van der Waals surface area contributed by atoms with Crippen molar-refractivity contribution in [2.24, 2.45) is 10.2 Å². The van der Waals surface area contributed by atoms with Crippen molar-refractivity contribution in [3.63, 3.8) is 0 Å². The van der Waals surface area contributed by atoms with E-state index in [9.17, 15) is 9.59 Å². The second-order valence-electron chi connectivity index (χ2n) is 6.17. The Morgan fingerprint density at radius 3 is 1.33 bits per heavy atom. The maximum Gasteiger partial charge on any atom is 0.337 e. The van der Waals surface area contributed by atoms with Crippen LogP contribution >= 0.6 is 0 Å². The Morgan fingerprint density at radius 1 is 0.792 bits per heavy atom. The Hall–Kier alpha value is -1.54. The third kappa shape index (κ3) is 7.83. The van der Waals surface area contributed by atoms with Crippen molar-refractivity contribution in [3.8, 4) is 0 Å². The summed E-state index contributed by atoms with van der Waals surface area (Å²) in [6.07, 6.45) is -1.36. The zero-order chi connectivity index (χ0) is 19.0. The monoisotopic (exact) mass is 346 g/mol. The Bertz CT molecular complexity index is 408. The van der Waals surface area contributed by atoms with Gasteiger partial charge in [0.2, 0.25) is 0 Å². The topological polar surface area (TPSA) is 95.8 Å². The third-order valence-electron chi connectivity index (χ3n) is 2.90. The van der Waals surface area contributed by atoms with Gasteiger partial charge in [-0.2, -0.15) is 10.2 Å². The molecule has 8 heteroatoms. The van der Waals surface area contributed by atoms with Crippen LogP contribution in [0.1, 0.15) is 55.4 Å². The normalized spacial score (nSPS) is 15.2. The first kappa shape index (κ1) is 22.5. The van der Waals surface area contributed by atoms with Crippen molar-refractivity contribution in [2.45, 2.75) is 79.0 Å². The van der Waals surface area contributed by atoms with Crippen LogP contribution in [-0.4, -0.2) is 48.8 Å². The Balaban J connectivity index is 4.86. The average molecular weight is 346 g/mol. The quantitative estimate of drug-likeness (QED) is 0.343. The second-order valence-corrected chi connectivity index (χ2v) is 6.17. The first-order valence-electron chi connectivity index (χ1n) is 8.05. The van der Waals surface area contributed by atoms with Gasteiger partial charge in [-0.3, -0.25) is 0 Å². The minimum absolute atomic E-state index is 0.424. The van der Waals surface area contributed by atoms with Gasteiger partial charge in [-0.1, -0.05) is 0 Å². The van der Waals surface area contributed by atoms with E-state index in [0.29, 0.717) is 13.2 Å². The van der Waals surface area contributed by atoms with E-state index in [1.165, 1.54) is 0 Å². The molecule has 0 rings (SSSR count). The number of carbonyl (C=O) groups is 2. The number of ether oxygens (including phenoxy) is 4. The van der Waals surface area contributed by atoms with Gasteiger partial charge < -0.3 is 18.9 Å². The smallest absolute Gasteiger partial charge is 0.337 e. The molecule has 0 heterocycles. The van der Waals surface area contributed by atoms with Gasteiger partial charge >= 0.3 is 11.9 Å². The van der Waals surface area contributed by atoms with Crippen LogP contribution in [0.25, 0.3) is 0 Å². The summed E-state index contributed by atoms with van der Waals surface area (Å²) in [5.74, 6) is -1.20. The molecule has 0 radical (unpaired) electrons. The SMILES string of the molecule is CCOC(C)OC(=O)C(C)(C)N=NC(C)(C)C(=O)OC(C)OCC. The molecule has 0 saturated heterocycles. The van der Waals surface area contributed by atoms with Gasteiger partial charge in [-0.15, -0.1) is 0 Å². The minimum atomic E-state index is -1.26. The molecule has 0 aromatic rings. The minimum Gasteiger partial charge on any atom is -0.434 e. The molecule has 0 aromatic carbocycles. The molecule has 0 fully saturated rings. The number of esters is 2. The second kappa shape index (κ2) is 9.68. The van der Waals surface area contributed by atoms with Crippen LogP contribution in [0.2, 0.25) is 0 Å². The standard InChI is InChI=1S/C16H30N2O6/c1-9-21-11(3)23-13(19)15(5,6)17-18-16(7,8)14(20)24-12(4)22-10-2/h11-12H,9-10H2,1-8H3. The lowest BCUT2D eigenvalue weighted by Crippen LogP contribution is -2.37. The highest BCUT2D eigenvalue weighted by Crippen LogP contribution is 2.20. The van der Waals surface area contributed by atoms with Gasteiger partial charge in [0, 0.05) is 13.2 Å². The molecule has 0 bridgehead atoms. The molecular formula is C16H30N2O6. The molecule has 24 heavy (non-hydrogen) atoms. The van der Waals surface area contributed by atoms with Gasteiger partial charge in [0.25, 0.3) is 0 Å². The fourth-order valence-electron chi connectivity index (χ4n) is 1.46. The van der Waals surface area contributed by atoms with Gasteiger partial charge in [-0.25, -0.2) is 9.59 Å². The summed E-state index contributed by atoms with van der Waals surface area (Å²) in [4.78, 5) is 24.2. The van der Waals surface area contributed by atoms with E-state index in [-0.39, 0.29) is 0 Å². The van der Waals surface area contributed by atoms with E-state index in [2.05, 4.69) is 10.2 Å². The predicted octanol–water partition coefficient (Wildman–Crippen LogP) is 2.85. The van der Waals surface area contributed by atoms with Crippen molar-refractivity contribution < 1.29 is 28.5 Å². The summed E-state index contributed by atoms with van der Waals surface area (Å²) < 4.78 is 20.6. The van der Waals surface area contributed by atoms with Gasteiger partial charge in [-0.05, 0) is 55.4 Å². The van der Waals surface area contributed by atoms with E-state index >= 15 is 0 Å². The average Bonchev–Trinajstić information content (AvgIpc) is 2.45. The highest BCUT2D eigenvalue weighted by atomic mass is 16.7. The number of hydrogen-bond donors (Lipinski definition) is 0. The molecule has 0 aromatic heterocycles. The van der Waals surface area contributed by atoms with E-state index in [1.54, 1.807) is 55.4 Å². The first-order valence-corrected chi connectivity index (χ1v) is 8.05. The van der Waals surface area contributed by atoms with Crippen LogP contribution in [0.15, 0.2) is 10.2 Å². The van der Waals surface area contributed by atoms with Crippen LogP contribution in [0.3, 0.4) is 0 Å². The van der Waals surface area contributed by atoms with Gasteiger partial charge in [0.1, 0.15) is 0 Å². The van der Waals surface area contributed by atoms with Crippen LogP contribution in [0.5, 0.6) is 0 Å². The van der Waals surface area contributed by atoms with Crippen molar-refractivity contribution >= 4 is 11.9 Å². The zero-order valence-corrected chi connectivity index (χ0v) is 15.9. The maximum absolute atomic E-state index is 12.1. The molecule has 140 valence electrons. The lowest BCUT2D eigenvalue weighted by Gasteiger charge is -2.23. The summed E-state index contributed by atoms with van der Waals surface area (Å²) in [6, 6.07) is 0. The molecule has 0 aliphatic heterocycles. The first-order chi connectivity index (χ1) is 11.0. The molecule has 2 atom stereocenters. The van der Waals surface area contributed by atoms with Crippen LogP contribution in [0.4, 0.5) is 0 Å². The maximum atomic E-state index is 12.1. The van der Waals surface area contributed by atoms with Crippen LogP contribution in [-0.2, 0) is 28.5 Å². The summed E-state index contributed by atoms with van der Waals surface area (Å²) in [6.45, 7) is 13.8. The van der Waals surface area contributed by atoms with E-state index in [0.717, 1.165) is 0 Å². The fraction of sp³-hybridized carbons (Fsp3) is 0.875. The summed E-state index contributed by atoms with van der Waals surface area (Å²) in [5.41, 5.74) is -2.51. The predicted molar refractivity (Wildman–Crippen MR) is 87.4 cm³/mol. The Morgan fingerprint density at radius 2 is 1.08 bits per heavy atom. The third-order valence-corrected chi connectivity index (χ3v) is 2.90. The Labute approximate surface area is 143 Å². The number of nitrogens with zero attached hydrogens (tertiary/aromatic N) is 2. The van der Waals surface area contributed by atoms with Crippen molar-refractivity contribution in [2.75, 3.05) is 13.2 Å². The Kier molecular flexibility index (Phi) is 9.06. The summed E-state index contributed by atoms with van der Waals surface area (Å²) in [7, 11) is 0. The largest absolute Gasteiger partial charge is 0.434 e. The van der Waals surface area contributed by atoms with Crippen molar-refractivity contribution in [1.82, 2.24) is 0 Å². The molecular weight excluding hydrogens is 316 g/mol. The number of hydrogen-bond acceptors (Lipinski definition) is 8. The number of azo groups is 1. The van der Waals surface area contributed by atoms with Crippen molar-refractivity contribution in [1.29, 1.82) is 0 Å². The fourth-order valence-corrected chi connectivity index (χ4v) is 1.46. The molecule has 0 saturated carbocycles. The molecule has 0 amide bonds. The van der Waals surface area contributed by atoms with Crippen LogP contribution in [0, 0.1) is 0 Å². The molecule has 2 unspecified atom stereocenters. The van der Waals surface area contributed by atoms with E-state index in [4.69, 9.17) is 18.9 Å². The lowest BCUT2D eigenvalue weighted by molar-refractivity contribution is -0.181. The summed E-state index contributed by atoms with van der Waals surface area (Å²) in [5, 5.41) is 7.94. The highest BCUT2D eigenvalue weighted by Gasteiger charge is 2.35. The van der Waals surface area contributed by atoms with E-state index < -0.39 is 35.6 Å². The van der Waals surface area contributed by atoms with Crippen molar-refractivity contribution in [3.05, 3.63) is 0 Å². The zero-order valence-electron chi connectivity index (χ0n) is 15.9. The number of carbonyl (C=O) groups excluding carboxylic acids is 2. The summed E-state index contributed by atoms with van der Waals surface area (Å²) >= 11 is 0. The van der Waals surface area contributed by atoms with Crippen LogP contribution < -0.4 is 0 Å². The molecule has 0 aliphatic rings. The number of rotatable bonds is 10. The molecule has 0 aliphatic carbocycles. The lowest BCUT2D eigenvalue weighted by atomic mass is 10.1. The molecule has 0 N–H and O–H groups in total. The van der Waals surface area contributed by atoms with E-state index in [1.807, 2.05) is 0 Å². The molecule has 8 nitrogen and oxygen atoms in total. The highest BCUT2D eigenvalue weighted by molar-refractivity contribution is 5.81. The molecule has 0 spiro atoms. The van der Waals surface area contributed by atoms with Gasteiger partial charge in [0.15, 0.2) is 23.7 Å².